The van der Waals surface area contributed by atoms with Gasteiger partial charge in [0.2, 0.25) is 0 Å². The number of amides is 1. The van der Waals surface area contributed by atoms with Crippen molar-refractivity contribution in [1.82, 2.24) is 0 Å². The number of carbonyl (C=O) groups is 1. The zero-order chi connectivity index (χ0) is 20.6. The molecule has 0 aliphatic carbocycles. The Morgan fingerprint density at radius 2 is 1.73 bits per heavy atom. The fourth-order valence-corrected chi connectivity index (χ4v) is 3.54. The van der Waals surface area contributed by atoms with Crippen molar-refractivity contribution in [2.75, 3.05) is 17.7 Å². The van der Waals surface area contributed by atoms with Crippen LogP contribution in [0.2, 0.25) is 0 Å². The molecule has 0 unspecified atom stereocenters. The van der Waals surface area contributed by atoms with E-state index in [4.69, 9.17) is 4.74 Å². The number of amidine groups is 1. The summed E-state index contributed by atoms with van der Waals surface area (Å²) in [6.07, 6.45) is 0. The lowest BCUT2D eigenvalue weighted by Crippen LogP contribution is -2.11. The molecule has 3 aromatic carbocycles. The number of thioether (sulfide) groups is 1. The van der Waals surface area contributed by atoms with Crippen LogP contribution < -0.4 is 10.1 Å². The Hall–Kier alpha value is -3.45. The third-order valence-electron chi connectivity index (χ3n) is 4.35. The number of rotatable bonds is 8. The first-order valence-electron chi connectivity index (χ1n) is 9.48. The van der Waals surface area contributed by atoms with Gasteiger partial charge in [-0.25, -0.2) is 4.99 Å². The zero-order valence-corrected chi connectivity index (χ0v) is 17.0. The summed E-state index contributed by atoms with van der Waals surface area (Å²) in [7, 11) is 0. The van der Waals surface area contributed by atoms with Gasteiger partial charge in [-0.3, -0.25) is 4.79 Å². The normalized spacial score (nSPS) is 12.5. The van der Waals surface area contributed by atoms with Crippen LogP contribution in [0.5, 0.6) is 5.75 Å². The van der Waals surface area contributed by atoms with E-state index >= 15 is 0 Å². The third kappa shape index (κ3) is 5.55. The summed E-state index contributed by atoms with van der Waals surface area (Å²) in [4.78, 5) is 17.7. The molecule has 1 aliphatic heterocycles. The summed E-state index contributed by atoms with van der Waals surface area (Å²) < 4.78 is 5.77. The predicted molar refractivity (Wildman–Crippen MR) is 119 cm³/mol. The van der Waals surface area contributed by atoms with Crippen molar-refractivity contribution in [3.8, 4) is 5.75 Å². The molecule has 1 N–H and O–H groups in total. The highest BCUT2D eigenvalue weighted by Crippen LogP contribution is 2.21. The number of hydrogen-bond donors (Lipinski definition) is 1. The smallest absolute Gasteiger partial charge is 0.255 e. The summed E-state index contributed by atoms with van der Waals surface area (Å²) in [5.74, 6) is 2.02. The minimum absolute atomic E-state index is 0.154. The molecule has 1 aliphatic rings. The fourth-order valence-electron chi connectivity index (χ4n) is 2.76. The average Bonchev–Trinajstić information content (AvgIpc) is 3.32. The second-order valence-electron chi connectivity index (χ2n) is 6.52. The van der Waals surface area contributed by atoms with E-state index in [1.54, 1.807) is 11.8 Å². The predicted octanol–water partition coefficient (Wildman–Crippen LogP) is 5.43. The first-order chi connectivity index (χ1) is 14.8. The van der Waals surface area contributed by atoms with E-state index in [0.717, 1.165) is 27.7 Å². The standard InChI is InChI=1S/C23H20N4O2S/c28-23(18-6-12-21(13-7-18)30-15-22-24-16-25-27-22)26-19-8-10-20(11-9-19)29-14-17-4-2-1-3-5-17/h1-13H,14-16H2,(H,26,28). The molecule has 150 valence electrons. The molecule has 4 rings (SSSR count). The van der Waals surface area contributed by atoms with E-state index in [2.05, 4.69) is 20.5 Å². The van der Waals surface area contributed by atoms with E-state index < -0.39 is 0 Å². The lowest BCUT2D eigenvalue weighted by atomic mass is 10.2. The molecule has 3 aromatic rings. The molecule has 0 radical (unpaired) electrons. The molecule has 0 spiro atoms. The Morgan fingerprint density at radius 1 is 0.967 bits per heavy atom. The van der Waals surface area contributed by atoms with Crippen molar-refractivity contribution < 1.29 is 9.53 Å². The monoisotopic (exact) mass is 416 g/mol. The number of nitrogens with one attached hydrogen (secondary N) is 1. The number of ether oxygens (including phenoxy) is 1. The highest BCUT2D eigenvalue weighted by molar-refractivity contribution is 8.00. The van der Waals surface area contributed by atoms with E-state index in [1.807, 2.05) is 78.9 Å². The van der Waals surface area contributed by atoms with Crippen LogP contribution in [0.25, 0.3) is 0 Å². The molecule has 0 saturated heterocycles. The first-order valence-corrected chi connectivity index (χ1v) is 10.5. The molecule has 0 saturated carbocycles. The Labute approximate surface area is 179 Å². The number of benzene rings is 3. The van der Waals surface area contributed by atoms with Crippen LogP contribution in [-0.4, -0.2) is 24.2 Å². The summed E-state index contributed by atoms with van der Waals surface area (Å²) in [6.45, 7) is 0.933. The SMILES string of the molecule is O=C(Nc1ccc(OCc2ccccc2)cc1)c1ccc(SCC2=NCN=N2)cc1. The van der Waals surface area contributed by atoms with Crippen LogP contribution in [0.3, 0.4) is 0 Å². The van der Waals surface area contributed by atoms with E-state index in [1.165, 1.54) is 0 Å². The molecule has 0 aromatic heterocycles. The van der Waals surface area contributed by atoms with Gasteiger partial charge in [0.1, 0.15) is 12.4 Å². The van der Waals surface area contributed by atoms with Crippen molar-refractivity contribution >= 4 is 29.2 Å². The second kappa shape index (κ2) is 9.84. The fraction of sp³-hybridized carbons (Fsp3) is 0.130. The molecule has 0 fully saturated rings. The number of azo groups is 1. The van der Waals surface area contributed by atoms with Gasteiger partial charge in [0.05, 0.1) is 5.75 Å². The molecule has 0 bridgehead atoms. The maximum atomic E-state index is 12.5. The second-order valence-corrected chi connectivity index (χ2v) is 7.57. The lowest BCUT2D eigenvalue weighted by Gasteiger charge is -2.09. The summed E-state index contributed by atoms with van der Waals surface area (Å²) in [5.41, 5.74) is 2.42. The van der Waals surface area contributed by atoms with Gasteiger partial charge in [-0.05, 0) is 54.1 Å². The Bertz CT molecular complexity index is 1050. The lowest BCUT2D eigenvalue weighted by molar-refractivity contribution is 0.102. The molecule has 1 heterocycles. The van der Waals surface area contributed by atoms with Crippen molar-refractivity contribution in [2.24, 2.45) is 15.2 Å². The van der Waals surface area contributed by atoms with Gasteiger partial charge in [-0.2, -0.15) is 5.11 Å². The highest BCUT2D eigenvalue weighted by atomic mass is 32.2. The number of carbonyl (C=O) groups excluding carboxylic acids is 1. The Morgan fingerprint density at radius 3 is 2.43 bits per heavy atom. The molecule has 1 amide bonds. The number of hydrogen-bond acceptors (Lipinski definition) is 6. The molecule has 0 atom stereocenters. The van der Waals surface area contributed by atoms with E-state index in [-0.39, 0.29) is 5.91 Å². The minimum atomic E-state index is -0.154. The van der Waals surface area contributed by atoms with Crippen LogP contribution in [0, 0.1) is 0 Å². The third-order valence-corrected chi connectivity index (χ3v) is 5.36. The van der Waals surface area contributed by atoms with Gasteiger partial charge >= 0.3 is 0 Å². The van der Waals surface area contributed by atoms with Gasteiger partial charge in [0, 0.05) is 16.1 Å². The average molecular weight is 417 g/mol. The maximum absolute atomic E-state index is 12.5. The summed E-state index contributed by atoms with van der Waals surface area (Å²) in [6, 6.07) is 24.8. The van der Waals surface area contributed by atoms with Crippen LogP contribution in [-0.2, 0) is 6.61 Å². The first kappa shape index (κ1) is 19.8. The van der Waals surface area contributed by atoms with Crippen LogP contribution in [0.15, 0.2) is 99.0 Å². The van der Waals surface area contributed by atoms with Crippen molar-refractivity contribution in [3.05, 3.63) is 90.0 Å². The number of aliphatic imine (C=N–C) groups is 1. The summed E-state index contributed by atoms with van der Waals surface area (Å²) >= 11 is 1.62. The van der Waals surface area contributed by atoms with Gasteiger partial charge in [0.15, 0.2) is 12.5 Å². The zero-order valence-electron chi connectivity index (χ0n) is 16.2. The van der Waals surface area contributed by atoms with E-state index in [0.29, 0.717) is 24.6 Å². The Kier molecular flexibility index (Phi) is 6.51. The minimum Gasteiger partial charge on any atom is -0.489 e. The quantitative estimate of drug-likeness (QED) is 0.497. The van der Waals surface area contributed by atoms with Crippen molar-refractivity contribution in [2.45, 2.75) is 11.5 Å². The van der Waals surface area contributed by atoms with E-state index in [9.17, 15) is 4.79 Å². The highest BCUT2D eigenvalue weighted by Gasteiger charge is 2.08. The van der Waals surface area contributed by atoms with Crippen LogP contribution >= 0.6 is 11.8 Å². The molecule has 30 heavy (non-hydrogen) atoms. The molecule has 6 nitrogen and oxygen atoms in total. The molecule has 7 heteroatoms. The Balaban J connectivity index is 1.28. The number of anilines is 1. The number of nitrogens with zero attached hydrogens (tertiary/aromatic N) is 3. The maximum Gasteiger partial charge on any atom is 0.255 e. The van der Waals surface area contributed by atoms with Crippen LogP contribution in [0.1, 0.15) is 15.9 Å². The van der Waals surface area contributed by atoms with Gasteiger partial charge < -0.3 is 10.1 Å². The molecular formula is C23H20N4O2S. The van der Waals surface area contributed by atoms with Crippen molar-refractivity contribution in [3.63, 3.8) is 0 Å². The molecular weight excluding hydrogens is 396 g/mol. The van der Waals surface area contributed by atoms with Gasteiger partial charge in [-0.15, -0.1) is 16.9 Å². The van der Waals surface area contributed by atoms with Crippen molar-refractivity contribution in [1.29, 1.82) is 0 Å². The van der Waals surface area contributed by atoms with Gasteiger partial charge in [0.25, 0.3) is 5.91 Å². The van der Waals surface area contributed by atoms with Gasteiger partial charge in [-0.1, -0.05) is 30.3 Å². The largest absolute Gasteiger partial charge is 0.489 e. The topological polar surface area (TPSA) is 75.4 Å². The van der Waals surface area contributed by atoms with Crippen LogP contribution in [0.4, 0.5) is 5.69 Å². The summed E-state index contributed by atoms with van der Waals surface area (Å²) in [5, 5.41) is 10.7.